The van der Waals surface area contributed by atoms with Crippen LogP contribution in [0, 0.1) is 0 Å². The third-order valence-electron chi connectivity index (χ3n) is 1.62. The fourth-order valence-electron chi connectivity index (χ4n) is 0.979. The molecule has 0 aliphatic carbocycles. The number of carbonyl (C=O) groups excluding carboxylic acids is 1. The Hall–Kier alpha value is -1.46. The van der Waals surface area contributed by atoms with Crippen LogP contribution in [-0.2, 0) is 0 Å². The molecule has 0 unspecified atom stereocenters. The number of hydrogen-bond donors (Lipinski definition) is 1. The summed E-state index contributed by atoms with van der Waals surface area (Å²) in [5.41, 5.74) is -0.117. The lowest BCUT2D eigenvalue weighted by molar-refractivity contribution is 0.0510. The van der Waals surface area contributed by atoms with Crippen molar-refractivity contribution < 1.29 is 13.6 Å². The molecule has 0 radical (unpaired) electrons. The zero-order valence-corrected chi connectivity index (χ0v) is 7.70. The van der Waals surface area contributed by atoms with E-state index in [4.69, 9.17) is 0 Å². The van der Waals surface area contributed by atoms with Crippen molar-refractivity contribution in [1.29, 1.82) is 0 Å². The highest BCUT2D eigenvalue weighted by molar-refractivity contribution is 5.92. The number of aromatic nitrogens is 2. The molecule has 1 amide bonds. The SMILES string of the molecule is CCCNC(=O)c1ccnn1C(F)F. The Morgan fingerprint density at radius 3 is 3.00 bits per heavy atom. The van der Waals surface area contributed by atoms with Gasteiger partial charge in [0.1, 0.15) is 5.69 Å². The number of carbonyl (C=O) groups is 1. The monoisotopic (exact) mass is 203 g/mol. The van der Waals surface area contributed by atoms with Gasteiger partial charge in [0.25, 0.3) is 5.91 Å². The molecule has 78 valence electrons. The Bertz CT molecular complexity index is 311. The van der Waals surface area contributed by atoms with E-state index in [-0.39, 0.29) is 5.69 Å². The van der Waals surface area contributed by atoms with E-state index in [0.29, 0.717) is 11.2 Å². The minimum Gasteiger partial charge on any atom is -0.351 e. The van der Waals surface area contributed by atoms with Gasteiger partial charge in [-0.1, -0.05) is 6.92 Å². The summed E-state index contributed by atoms with van der Waals surface area (Å²) in [4.78, 5) is 11.3. The van der Waals surface area contributed by atoms with Gasteiger partial charge in [-0.15, -0.1) is 0 Å². The van der Waals surface area contributed by atoms with Crippen LogP contribution in [0.5, 0.6) is 0 Å². The van der Waals surface area contributed by atoms with Gasteiger partial charge in [-0.2, -0.15) is 18.6 Å². The van der Waals surface area contributed by atoms with Gasteiger partial charge >= 0.3 is 6.55 Å². The maximum Gasteiger partial charge on any atom is 0.333 e. The molecule has 0 aliphatic heterocycles. The van der Waals surface area contributed by atoms with Gasteiger partial charge in [0.2, 0.25) is 0 Å². The standard InChI is InChI=1S/C8H11F2N3O/c1-2-4-11-7(14)6-3-5-12-13(6)8(9)10/h3,5,8H,2,4H2,1H3,(H,11,14). The van der Waals surface area contributed by atoms with E-state index >= 15 is 0 Å². The van der Waals surface area contributed by atoms with Crippen molar-refractivity contribution in [2.24, 2.45) is 0 Å². The third-order valence-corrected chi connectivity index (χ3v) is 1.62. The summed E-state index contributed by atoms with van der Waals surface area (Å²) in [7, 11) is 0. The van der Waals surface area contributed by atoms with Crippen LogP contribution in [0.2, 0.25) is 0 Å². The van der Waals surface area contributed by atoms with Crippen LogP contribution >= 0.6 is 0 Å². The van der Waals surface area contributed by atoms with Crippen LogP contribution in [0.3, 0.4) is 0 Å². The molecular formula is C8H11F2N3O. The molecule has 6 heteroatoms. The number of amides is 1. The van der Waals surface area contributed by atoms with Crippen molar-refractivity contribution in [3.8, 4) is 0 Å². The highest BCUT2D eigenvalue weighted by atomic mass is 19.3. The number of nitrogens with one attached hydrogen (secondary N) is 1. The van der Waals surface area contributed by atoms with Crippen molar-refractivity contribution in [3.63, 3.8) is 0 Å². The molecular weight excluding hydrogens is 192 g/mol. The van der Waals surface area contributed by atoms with E-state index in [1.807, 2.05) is 6.92 Å². The highest BCUT2D eigenvalue weighted by Gasteiger charge is 2.16. The summed E-state index contributed by atoms with van der Waals surface area (Å²) in [6, 6.07) is 1.26. The minimum absolute atomic E-state index is 0.117. The molecule has 0 spiro atoms. The molecule has 0 aliphatic rings. The molecule has 0 saturated heterocycles. The quantitative estimate of drug-likeness (QED) is 0.804. The van der Waals surface area contributed by atoms with Gasteiger partial charge in [-0.25, -0.2) is 0 Å². The molecule has 1 aromatic heterocycles. The van der Waals surface area contributed by atoms with Crippen LogP contribution in [0.15, 0.2) is 12.3 Å². The Kier molecular flexibility index (Phi) is 3.55. The van der Waals surface area contributed by atoms with Gasteiger partial charge in [0.15, 0.2) is 0 Å². The fraction of sp³-hybridized carbons (Fsp3) is 0.500. The number of hydrogen-bond acceptors (Lipinski definition) is 2. The molecule has 1 rings (SSSR count). The first-order valence-electron chi connectivity index (χ1n) is 4.26. The molecule has 0 fully saturated rings. The molecule has 1 N–H and O–H groups in total. The lowest BCUT2D eigenvalue weighted by atomic mass is 10.4. The van der Waals surface area contributed by atoms with Gasteiger partial charge in [-0.05, 0) is 12.5 Å². The van der Waals surface area contributed by atoms with E-state index in [2.05, 4.69) is 10.4 Å². The first-order valence-corrected chi connectivity index (χ1v) is 4.26. The van der Waals surface area contributed by atoms with Crippen molar-refractivity contribution in [2.75, 3.05) is 6.54 Å². The Morgan fingerprint density at radius 2 is 2.43 bits per heavy atom. The van der Waals surface area contributed by atoms with Crippen LogP contribution in [0.1, 0.15) is 30.4 Å². The molecule has 1 heterocycles. The molecule has 14 heavy (non-hydrogen) atoms. The normalized spacial score (nSPS) is 10.6. The van der Waals surface area contributed by atoms with Crippen LogP contribution in [0.4, 0.5) is 8.78 Å². The van der Waals surface area contributed by atoms with E-state index < -0.39 is 12.5 Å². The van der Waals surface area contributed by atoms with E-state index in [1.54, 1.807) is 0 Å². The Morgan fingerprint density at radius 1 is 1.71 bits per heavy atom. The zero-order chi connectivity index (χ0) is 10.6. The van der Waals surface area contributed by atoms with Gasteiger partial charge in [0, 0.05) is 12.7 Å². The molecule has 1 aromatic rings. The first kappa shape index (κ1) is 10.6. The van der Waals surface area contributed by atoms with Gasteiger partial charge in [0.05, 0.1) is 0 Å². The predicted molar refractivity (Wildman–Crippen MR) is 46.1 cm³/mol. The van der Waals surface area contributed by atoms with E-state index in [9.17, 15) is 13.6 Å². The molecule has 4 nitrogen and oxygen atoms in total. The van der Waals surface area contributed by atoms with Crippen molar-refractivity contribution in [1.82, 2.24) is 15.1 Å². The van der Waals surface area contributed by atoms with Crippen molar-refractivity contribution >= 4 is 5.91 Å². The lowest BCUT2D eigenvalue weighted by Gasteiger charge is -2.05. The molecule has 0 saturated carbocycles. The highest BCUT2D eigenvalue weighted by Crippen LogP contribution is 2.11. The van der Waals surface area contributed by atoms with E-state index in [0.717, 1.165) is 6.42 Å². The summed E-state index contributed by atoms with van der Waals surface area (Å²) in [5, 5.41) is 5.85. The van der Waals surface area contributed by atoms with Crippen molar-refractivity contribution in [3.05, 3.63) is 18.0 Å². The average Bonchev–Trinajstić information content (AvgIpc) is 2.62. The number of rotatable bonds is 4. The van der Waals surface area contributed by atoms with Crippen LogP contribution in [-0.4, -0.2) is 22.2 Å². The second-order valence-electron chi connectivity index (χ2n) is 2.69. The van der Waals surface area contributed by atoms with Crippen LogP contribution in [0.25, 0.3) is 0 Å². The topological polar surface area (TPSA) is 46.9 Å². The largest absolute Gasteiger partial charge is 0.351 e. The maximum atomic E-state index is 12.3. The summed E-state index contributed by atoms with van der Waals surface area (Å²) in [5.74, 6) is -0.523. The second-order valence-corrected chi connectivity index (χ2v) is 2.69. The molecule has 0 aromatic carbocycles. The lowest BCUT2D eigenvalue weighted by Crippen LogP contribution is -2.27. The predicted octanol–water partition coefficient (Wildman–Crippen LogP) is 1.42. The Balaban J connectivity index is 2.74. The van der Waals surface area contributed by atoms with Crippen molar-refractivity contribution in [2.45, 2.75) is 19.9 Å². The summed E-state index contributed by atoms with van der Waals surface area (Å²) < 4.78 is 24.9. The minimum atomic E-state index is -2.78. The molecule has 0 bridgehead atoms. The Labute approximate surface area is 79.9 Å². The van der Waals surface area contributed by atoms with Gasteiger partial charge < -0.3 is 5.32 Å². The maximum absolute atomic E-state index is 12.3. The average molecular weight is 203 g/mol. The van der Waals surface area contributed by atoms with Gasteiger partial charge in [-0.3, -0.25) is 4.79 Å². The first-order chi connectivity index (χ1) is 6.66. The summed E-state index contributed by atoms with van der Waals surface area (Å²) in [6.07, 6.45) is 1.93. The van der Waals surface area contributed by atoms with E-state index in [1.165, 1.54) is 12.3 Å². The smallest absolute Gasteiger partial charge is 0.333 e. The molecule has 0 atom stereocenters. The number of alkyl halides is 2. The fourth-order valence-corrected chi connectivity index (χ4v) is 0.979. The van der Waals surface area contributed by atoms with Crippen LogP contribution < -0.4 is 5.32 Å². The summed E-state index contributed by atoms with van der Waals surface area (Å²) in [6.45, 7) is -0.440. The summed E-state index contributed by atoms with van der Waals surface area (Å²) >= 11 is 0. The number of nitrogens with zero attached hydrogens (tertiary/aromatic N) is 2. The zero-order valence-electron chi connectivity index (χ0n) is 7.70. The number of halogens is 2. The third kappa shape index (κ3) is 2.27. The second kappa shape index (κ2) is 4.69.